The Balaban J connectivity index is -0.0000000125. The second-order valence-electron chi connectivity index (χ2n) is 0.707. The molecule has 0 heterocycles. The molecule has 0 N–H and O–H groups in total. The summed E-state index contributed by atoms with van der Waals surface area (Å²) in [5.74, 6) is 0. The Hall–Kier alpha value is 2.56. The number of unbranched alkanes of at least 4 members (excludes halogenated alkanes) is 1. The van der Waals surface area contributed by atoms with Gasteiger partial charge >= 0.3 is 32.7 Å². The van der Waals surface area contributed by atoms with Gasteiger partial charge in [-0.1, -0.05) is 13.8 Å². The molecule has 0 saturated carbocycles. The van der Waals surface area contributed by atoms with E-state index < -0.39 is 0 Å². The van der Waals surface area contributed by atoms with Gasteiger partial charge in [-0.05, 0) is 0 Å². The van der Waals surface area contributed by atoms with Crippen molar-refractivity contribution in [2.75, 3.05) is 0 Å². The summed E-state index contributed by atoms with van der Waals surface area (Å²) in [4.78, 5) is 0. The minimum atomic E-state index is 0. The maximum Gasteiger partial charge on any atom is 3.00 e. The van der Waals surface area contributed by atoms with E-state index in [9.17, 15) is 0 Å². The van der Waals surface area contributed by atoms with Gasteiger partial charge < -0.3 is 21.3 Å². The van der Waals surface area contributed by atoms with Gasteiger partial charge in [0.1, 0.15) is 0 Å². The van der Waals surface area contributed by atoms with E-state index >= 15 is 0 Å². The molecule has 0 aliphatic heterocycles. The quantitative estimate of drug-likeness (QED) is 0.408. The van der Waals surface area contributed by atoms with Crippen LogP contribution in [0.4, 0.5) is 0 Å². The summed E-state index contributed by atoms with van der Waals surface area (Å²) in [5, 5.41) is 0. The first-order valence-corrected chi connectivity index (χ1v) is 8.93. The third-order valence-corrected chi connectivity index (χ3v) is 0.250. The summed E-state index contributed by atoms with van der Waals surface area (Å²) in [7, 11) is 0. The van der Waals surface area contributed by atoms with Crippen molar-refractivity contribution in [3.63, 3.8) is 0 Å². The van der Waals surface area contributed by atoms with Crippen LogP contribution in [0.15, 0.2) is 0 Å². The average molecular weight is 444 g/mol. The van der Waals surface area contributed by atoms with Crippen LogP contribution in [-0.2, 0) is 32.7 Å². The molecule has 0 atom stereocenters. The normalized spacial score (nSPS) is 4.20. The van der Waals surface area contributed by atoms with Gasteiger partial charge in [0.25, 0.3) is 0 Å². The minimum absolute atomic E-state index is 0. The first-order chi connectivity index (χ1) is 3.91. The fourth-order valence-corrected chi connectivity index (χ4v) is 0. The zero-order chi connectivity index (χ0) is 7.41. The van der Waals surface area contributed by atoms with Gasteiger partial charge in [0.05, 0.1) is 0 Å². The predicted octanol–water partition coefficient (Wildman–Crippen LogP) is 4.68. The van der Waals surface area contributed by atoms with Crippen LogP contribution in [0, 0.1) is 21.3 Å². The van der Waals surface area contributed by atoms with Crippen molar-refractivity contribution in [1.82, 2.24) is 0 Å². The molecule has 0 aromatic carbocycles. The van der Waals surface area contributed by atoms with Crippen LogP contribution < -0.4 is 0 Å². The van der Waals surface area contributed by atoms with Gasteiger partial charge in [-0.2, -0.15) is 0 Å². The topological polar surface area (TPSA) is 0 Å². The van der Waals surface area contributed by atoms with Crippen molar-refractivity contribution in [3.8, 4) is 0 Å². The average Bonchev–Trinajstić information content (AvgIpc) is 1.96. The molecule has 0 aromatic heterocycles. The molecule has 0 aliphatic rings. The molecule has 0 bridgehead atoms. The summed E-state index contributed by atoms with van der Waals surface area (Å²) >= 11 is 4.24. The summed E-state index contributed by atoms with van der Waals surface area (Å²) in [6.45, 7) is 11.1. The van der Waals surface area contributed by atoms with Crippen LogP contribution in [0.1, 0.15) is 26.7 Å². The standard InChI is InChI=1S/C4H8.C2H6.CH3.I2.Y/c1-3-4-2;1-2;;1-2;/h1-4H2;1-2H3;1H3;;/q-2;;-1;;+3. The van der Waals surface area contributed by atoms with Gasteiger partial charge in [0, 0.05) is 37.2 Å². The van der Waals surface area contributed by atoms with Gasteiger partial charge in [-0.15, -0.1) is 0 Å². The van der Waals surface area contributed by atoms with Crippen molar-refractivity contribution < 1.29 is 32.7 Å². The van der Waals surface area contributed by atoms with Crippen LogP contribution in [-0.4, -0.2) is 0 Å². The van der Waals surface area contributed by atoms with E-state index in [1.165, 1.54) is 0 Å². The SMILES string of the molecule is CC.II.[CH2-]CC[CH2-].[CH3-].[Y+3]. The van der Waals surface area contributed by atoms with Gasteiger partial charge in [0.15, 0.2) is 0 Å². The van der Waals surface area contributed by atoms with E-state index in [4.69, 9.17) is 0 Å². The molecule has 0 unspecified atom stereocenters. The summed E-state index contributed by atoms with van der Waals surface area (Å²) in [6.07, 6.45) is 1.92. The van der Waals surface area contributed by atoms with Crippen LogP contribution in [0.2, 0.25) is 0 Å². The summed E-state index contributed by atoms with van der Waals surface area (Å²) in [6, 6.07) is 0. The molecule has 0 radical (unpaired) electrons. The van der Waals surface area contributed by atoms with E-state index in [1.54, 1.807) is 0 Å². The van der Waals surface area contributed by atoms with E-state index in [-0.39, 0.29) is 40.1 Å². The van der Waals surface area contributed by atoms with Crippen molar-refractivity contribution in [2.45, 2.75) is 26.7 Å². The molecule has 62 valence electrons. The smallest absolute Gasteiger partial charge is 0.358 e. The molecule has 10 heavy (non-hydrogen) atoms. The van der Waals surface area contributed by atoms with Crippen LogP contribution in [0.25, 0.3) is 0 Å². The van der Waals surface area contributed by atoms with E-state index in [0.29, 0.717) is 0 Å². The van der Waals surface area contributed by atoms with Crippen molar-refractivity contribution in [1.29, 1.82) is 0 Å². The van der Waals surface area contributed by atoms with Crippen LogP contribution in [0.3, 0.4) is 0 Å². The molecule has 0 fully saturated rings. The molecule has 0 amide bonds. The molecule has 0 rings (SSSR count). The largest absolute Gasteiger partial charge is 3.00 e. The Kier molecular flexibility index (Phi) is 182. The van der Waals surface area contributed by atoms with Gasteiger partial charge in [0.2, 0.25) is 0 Å². The number of hydrogen-bond acceptors (Lipinski definition) is 0. The van der Waals surface area contributed by atoms with Crippen molar-refractivity contribution in [2.24, 2.45) is 0 Å². The predicted molar refractivity (Wildman–Crippen MR) is 65.8 cm³/mol. The fraction of sp³-hybridized carbons (Fsp3) is 0.571. The van der Waals surface area contributed by atoms with Crippen LogP contribution >= 0.6 is 37.2 Å². The van der Waals surface area contributed by atoms with E-state index in [2.05, 4.69) is 51.1 Å². The zero-order valence-corrected chi connectivity index (χ0v) is 14.3. The first kappa shape index (κ1) is 29.4. The molecule has 0 nitrogen and oxygen atoms in total. The Bertz CT molecular complexity index is 13.6. The summed E-state index contributed by atoms with van der Waals surface area (Å²) < 4.78 is 0. The number of hydrogen-bond donors (Lipinski definition) is 0. The Labute approximate surface area is 116 Å². The van der Waals surface area contributed by atoms with Crippen molar-refractivity contribution in [3.05, 3.63) is 21.3 Å². The Morgan fingerprint density at radius 3 is 1.10 bits per heavy atom. The molecular weight excluding hydrogens is 427 g/mol. The zero-order valence-electron chi connectivity index (χ0n) is 7.16. The van der Waals surface area contributed by atoms with Gasteiger partial charge in [-0.3, -0.25) is 0 Å². The number of halogens is 2. The van der Waals surface area contributed by atoms with Crippen LogP contribution in [0.5, 0.6) is 0 Å². The summed E-state index contributed by atoms with van der Waals surface area (Å²) in [5.41, 5.74) is 0. The first-order valence-electron chi connectivity index (χ1n) is 2.64. The molecule has 0 aliphatic carbocycles. The maximum atomic E-state index is 3.54. The van der Waals surface area contributed by atoms with Crippen molar-refractivity contribution >= 4 is 37.2 Å². The molecule has 0 spiro atoms. The second-order valence-corrected chi connectivity index (χ2v) is 0.707. The Morgan fingerprint density at radius 1 is 1.00 bits per heavy atom. The molecule has 0 saturated heterocycles. The molecule has 0 aromatic rings. The minimum Gasteiger partial charge on any atom is -0.358 e. The fourth-order valence-electron chi connectivity index (χ4n) is 0. The Morgan fingerprint density at radius 2 is 1.10 bits per heavy atom. The van der Waals surface area contributed by atoms with E-state index in [0.717, 1.165) is 12.8 Å². The third kappa shape index (κ3) is 76.1. The van der Waals surface area contributed by atoms with E-state index in [1.807, 2.05) is 13.8 Å². The number of rotatable bonds is 1. The van der Waals surface area contributed by atoms with Gasteiger partial charge in [-0.25, -0.2) is 12.8 Å². The second kappa shape index (κ2) is 62.0. The molecule has 3 heteroatoms. The monoisotopic (exact) mass is 444 g/mol. The third-order valence-electron chi connectivity index (χ3n) is 0.250. The maximum absolute atomic E-state index is 3.54. The molecular formula is C7H17I2Y.